The van der Waals surface area contributed by atoms with Crippen molar-refractivity contribution in [3.05, 3.63) is 42.1 Å². The summed E-state index contributed by atoms with van der Waals surface area (Å²) in [4.78, 5) is 26.7. The molecule has 9 heteroatoms. The number of hydrogen-bond acceptors (Lipinski definition) is 6. The van der Waals surface area contributed by atoms with Crippen LogP contribution in [0.25, 0.3) is 5.65 Å². The highest BCUT2D eigenvalue weighted by atomic mass is 19.1. The molecule has 8 nitrogen and oxygen atoms in total. The number of aryl methyl sites for hydroxylation is 1. The third-order valence-electron chi connectivity index (χ3n) is 4.13. The van der Waals surface area contributed by atoms with Crippen LogP contribution in [-0.2, 0) is 0 Å². The molecule has 1 amide bonds. The van der Waals surface area contributed by atoms with Gasteiger partial charge >= 0.3 is 0 Å². The van der Waals surface area contributed by atoms with Crippen molar-refractivity contribution in [2.45, 2.75) is 19.5 Å². The second kappa shape index (κ2) is 6.08. The Hall–Kier alpha value is -3.10. The maximum absolute atomic E-state index is 13.5. The Kier molecular flexibility index (Phi) is 3.75. The molecule has 128 valence electrons. The number of imidazole rings is 1. The van der Waals surface area contributed by atoms with E-state index in [9.17, 15) is 9.18 Å². The maximum atomic E-state index is 13.5. The van der Waals surface area contributed by atoms with Gasteiger partial charge in [0.25, 0.3) is 5.91 Å². The predicted octanol–water partition coefficient (Wildman–Crippen LogP) is 1.63. The lowest BCUT2D eigenvalue weighted by Gasteiger charge is -2.16. The van der Waals surface area contributed by atoms with Crippen LogP contribution in [0.3, 0.4) is 0 Å². The predicted molar refractivity (Wildman–Crippen MR) is 89.4 cm³/mol. The number of amides is 1. The summed E-state index contributed by atoms with van der Waals surface area (Å²) < 4.78 is 15.0. The highest BCUT2D eigenvalue weighted by molar-refractivity contribution is 6.03. The van der Waals surface area contributed by atoms with E-state index in [1.165, 1.54) is 10.8 Å². The van der Waals surface area contributed by atoms with Gasteiger partial charge in [-0.05, 0) is 31.5 Å². The lowest BCUT2D eigenvalue weighted by molar-refractivity contribution is 0.101. The van der Waals surface area contributed by atoms with Gasteiger partial charge in [-0.25, -0.2) is 23.9 Å². The fourth-order valence-corrected chi connectivity index (χ4v) is 2.93. The fraction of sp³-hybridized carbons (Fsp3) is 0.312. The summed E-state index contributed by atoms with van der Waals surface area (Å²) >= 11 is 0. The third kappa shape index (κ3) is 2.88. The van der Waals surface area contributed by atoms with E-state index in [0.717, 1.165) is 0 Å². The molecule has 4 rings (SSSR count). The van der Waals surface area contributed by atoms with Gasteiger partial charge in [0.2, 0.25) is 0 Å². The van der Waals surface area contributed by atoms with Gasteiger partial charge in [0, 0.05) is 12.7 Å². The number of carbonyl (C=O) groups excluding carboxylic acids is 1. The molecule has 0 aliphatic carbocycles. The van der Waals surface area contributed by atoms with E-state index in [0.29, 0.717) is 48.2 Å². The first kappa shape index (κ1) is 15.4. The number of halogens is 1. The van der Waals surface area contributed by atoms with Crippen LogP contribution in [0.2, 0.25) is 0 Å². The first-order valence-electron chi connectivity index (χ1n) is 7.94. The second-order valence-electron chi connectivity index (χ2n) is 5.89. The molecule has 0 aromatic carbocycles. The molecule has 0 spiro atoms. The van der Waals surface area contributed by atoms with Crippen molar-refractivity contribution in [1.82, 2.24) is 24.6 Å². The zero-order valence-electron chi connectivity index (χ0n) is 13.6. The van der Waals surface area contributed by atoms with Crippen molar-refractivity contribution in [2.75, 3.05) is 23.3 Å². The molecular weight excluding hydrogens is 325 g/mol. The standard InChI is InChI=1S/C16H16FN7O/c1-10-15(16(25)21-12-4-6-18-9-19-12)24-13(20-10)2-3-14(22-24)23-7-5-11(17)8-23/h2-4,6,9,11H,5,7-8H2,1H3,(H,18,19,21,25)/t11-/m0/s1. The van der Waals surface area contributed by atoms with Crippen LogP contribution in [0.1, 0.15) is 22.6 Å². The lowest BCUT2D eigenvalue weighted by atomic mass is 10.3. The van der Waals surface area contributed by atoms with Crippen LogP contribution in [0.15, 0.2) is 30.7 Å². The van der Waals surface area contributed by atoms with Crippen molar-refractivity contribution in [3.8, 4) is 0 Å². The molecule has 1 saturated heterocycles. The Morgan fingerprint density at radius 3 is 2.96 bits per heavy atom. The van der Waals surface area contributed by atoms with Crippen molar-refractivity contribution >= 4 is 23.2 Å². The Morgan fingerprint density at radius 1 is 1.36 bits per heavy atom. The average Bonchev–Trinajstić information content (AvgIpc) is 3.17. The zero-order chi connectivity index (χ0) is 17.4. The summed E-state index contributed by atoms with van der Waals surface area (Å²) in [6.07, 6.45) is 2.54. The largest absolute Gasteiger partial charge is 0.352 e. The Balaban J connectivity index is 1.70. The topological polar surface area (TPSA) is 88.3 Å². The quantitative estimate of drug-likeness (QED) is 0.779. The molecule has 1 aliphatic heterocycles. The van der Waals surface area contributed by atoms with Gasteiger partial charge < -0.3 is 10.2 Å². The van der Waals surface area contributed by atoms with Crippen LogP contribution in [0.4, 0.5) is 16.0 Å². The SMILES string of the molecule is Cc1nc2ccc(N3CC[C@H](F)C3)nn2c1C(=O)Nc1ccncn1. The zero-order valence-corrected chi connectivity index (χ0v) is 13.6. The van der Waals surface area contributed by atoms with Crippen LogP contribution < -0.4 is 10.2 Å². The minimum atomic E-state index is -0.845. The number of hydrogen-bond donors (Lipinski definition) is 1. The smallest absolute Gasteiger partial charge is 0.277 e. The molecule has 0 unspecified atom stereocenters. The summed E-state index contributed by atoms with van der Waals surface area (Å²) in [7, 11) is 0. The molecule has 1 fully saturated rings. The number of carbonyl (C=O) groups is 1. The molecule has 3 aromatic heterocycles. The summed E-state index contributed by atoms with van der Waals surface area (Å²) in [6.45, 7) is 2.67. The molecular formula is C16H16FN7O. The number of fused-ring (bicyclic) bond motifs is 1. The number of alkyl halides is 1. The summed E-state index contributed by atoms with van der Waals surface area (Å²) in [5.74, 6) is 0.657. The molecule has 25 heavy (non-hydrogen) atoms. The minimum absolute atomic E-state index is 0.314. The third-order valence-corrected chi connectivity index (χ3v) is 4.13. The molecule has 3 aromatic rings. The van der Waals surface area contributed by atoms with Crippen LogP contribution >= 0.6 is 0 Å². The van der Waals surface area contributed by atoms with Gasteiger partial charge in [-0.3, -0.25) is 4.79 Å². The van der Waals surface area contributed by atoms with Gasteiger partial charge in [0.05, 0.1) is 12.2 Å². The van der Waals surface area contributed by atoms with Gasteiger partial charge in [-0.15, -0.1) is 5.10 Å². The number of aromatic nitrogens is 5. The maximum Gasteiger partial charge on any atom is 0.277 e. The van der Waals surface area contributed by atoms with E-state index in [4.69, 9.17) is 0 Å². The highest BCUT2D eigenvalue weighted by Gasteiger charge is 2.24. The van der Waals surface area contributed by atoms with Gasteiger partial charge in [0.1, 0.15) is 24.1 Å². The number of nitrogens with zero attached hydrogens (tertiary/aromatic N) is 6. The molecule has 1 atom stereocenters. The summed E-state index contributed by atoms with van der Waals surface area (Å²) in [5.41, 5.74) is 1.44. The van der Waals surface area contributed by atoms with Crippen LogP contribution in [-0.4, -0.2) is 49.7 Å². The van der Waals surface area contributed by atoms with E-state index in [1.54, 1.807) is 31.3 Å². The van der Waals surface area contributed by atoms with Gasteiger partial charge in [-0.1, -0.05) is 0 Å². The van der Waals surface area contributed by atoms with E-state index in [1.807, 2.05) is 4.90 Å². The highest BCUT2D eigenvalue weighted by Crippen LogP contribution is 2.21. The number of nitrogens with one attached hydrogen (secondary N) is 1. The first-order valence-corrected chi connectivity index (χ1v) is 7.94. The minimum Gasteiger partial charge on any atom is -0.352 e. The lowest BCUT2D eigenvalue weighted by Crippen LogP contribution is -2.23. The fourth-order valence-electron chi connectivity index (χ4n) is 2.93. The molecule has 0 radical (unpaired) electrons. The Bertz CT molecular complexity index is 927. The van der Waals surface area contributed by atoms with Crippen molar-refractivity contribution in [1.29, 1.82) is 0 Å². The van der Waals surface area contributed by atoms with Gasteiger partial charge in [-0.2, -0.15) is 0 Å². The summed E-state index contributed by atoms with van der Waals surface area (Å²) in [5, 5.41) is 7.20. The van der Waals surface area contributed by atoms with Gasteiger partial charge in [0.15, 0.2) is 11.3 Å². The first-order chi connectivity index (χ1) is 12.1. The Labute approximate surface area is 142 Å². The monoisotopic (exact) mass is 341 g/mol. The number of anilines is 2. The second-order valence-corrected chi connectivity index (χ2v) is 5.89. The van der Waals surface area contributed by atoms with Crippen LogP contribution in [0, 0.1) is 6.92 Å². The summed E-state index contributed by atoms with van der Waals surface area (Å²) in [6, 6.07) is 5.18. The average molecular weight is 341 g/mol. The van der Waals surface area contributed by atoms with Crippen molar-refractivity contribution in [3.63, 3.8) is 0 Å². The van der Waals surface area contributed by atoms with Crippen LogP contribution in [0.5, 0.6) is 0 Å². The molecule has 1 N–H and O–H groups in total. The molecule has 0 saturated carbocycles. The van der Waals surface area contributed by atoms with Crippen molar-refractivity contribution in [2.24, 2.45) is 0 Å². The van der Waals surface area contributed by atoms with E-state index < -0.39 is 6.17 Å². The number of rotatable bonds is 3. The van der Waals surface area contributed by atoms with E-state index in [-0.39, 0.29) is 5.91 Å². The molecule has 4 heterocycles. The molecule has 0 bridgehead atoms. The van der Waals surface area contributed by atoms with E-state index >= 15 is 0 Å². The normalized spacial score (nSPS) is 17.2. The molecule has 1 aliphatic rings. The van der Waals surface area contributed by atoms with Crippen molar-refractivity contribution < 1.29 is 9.18 Å². The Morgan fingerprint density at radius 2 is 2.24 bits per heavy atom. The van der Waals surface area contributed by atoms with E-state index in [2.05, 4.69) is 25.4 Å².